The third kappa shape index (κ3) is 5.17. The standard InChI is InChI=1S/C32H30Cl2F3N7O2/c1-6-20(45)43-10-9-42(13-16(43)5)30-17-11-19(33)28(21-23(35)25(37)24(36)22(34)26(21)39)41-31(17)44(32(46)18(30)12-38)29-15(4)7-8-40-27(29)14(2)3/h6-8,11,14,16,27,40H,1,9-10,13,39H2,2-5H3/t16-,27?/m1/s1. The van der Waals surface area contributed by atoms with Gasteiger partial charge in [0.1, 0.15) is 22.3 Å². The van der Waals surface area contributed by atoms with Crippen molar-refractivity contribution in [2.45, 2.75) is 39.8 Å². The van der Waals surface area contributed by atoms with Crippen LogP contribution in [-0.2, 0) is 4.79 Å². The molecule has 1 fully saturated rings. The number of nitrogen functional groups attached to an aromatic ring is 1. The smallest absolute Gasteiger partial charge is 0.276 e. The van der Waals surface area contributed by atoms with Crippen LogP contribution < -0.4 is 21.5 Å². The van der Waals surface area contributed by atoms with Crippen molar-refractivity contribution in [1.29, 1.82) is 5.26 Å². The molecule has 9 nitrogen and oxygen atoms in total. The number of nitrogens with two attached hydrogens (primary N) is 1. The molecule has 1 aromatic carbocycles. The Labute approximate surface area is 273 Å². The molecule has 14 heteroatoms. The molecule has 4 heterocycles. The van der Waals surface area contributed by atoms with E-state index >= 15 is 4.39 Å². The van der Waals surface area contributed by atoms with Crippen LogP contribution >= 0.6 is 23.2 Å². The molecule has 2 aliphatic heterocycles. The predicted molar refractivity (Wildman–Crippen MR) is 174 cm³/mol. The van der Waals surface area contributed by atoms with Gasteiger partial charge in [-0.15, -0.1) is 0 Å². The minimum atomic E-state index is -1.87. The molecular formula is C32H30Cl2F3N7O2. The molecule has 46 heavy (non-hydrogen) atoms. The van der Waals surface area contributed by atoms with Gasteiger partial charge < -0.3 is 20.9 Å². The molecule has 1 amide bonds. The number of piperazine rings is 1. The summed E-state index contributed by atoms with van der Waals surface area (Å²) < 4.78 is 45.5. The maximum atomic E-state index is 15.4. The van der Waals surface area contributed by atoms with E-state index in [1.54, 1.807) is 29.0 Å². The normalized spacial score (nSPS) is 18.3. The number of benzene rings is 1. The number of nitriles is 1. The van der Waals surface area contributed by atoms with Gasteiger partial charge in [-0.25, -0.2) is 18.2 Å². The number of carbonyl (C=O) groups is 1. The molecule has 1 unspecified atom stereocenters. The molecule has 0 saturated carbocycles. The van der Waals surface area contributed by atoms with Crippen LogP contribution in [0.5, 0.6) is 0 Å². The second-order valence-corrected chi connectivity index (χ2v) is 12.3. The van der Waals surface area contributed by atoms with Gasteiger partial charge in [0.25, 0.3) is 5.56 Å². The number of hydrogen-bond acceptors (Lipinski definition) is 7. The Hall–Kier alpha value is -4.47. The molecule has 5 rings (SSSR count). The second-order valence-electron chi connectivity index (χ2n) is 11.5. The van der Waals surface area contributed by atoms with Gasteiger partial charge in [-0.1, -0.05) is 43.6 Å². The molecule has 2 aromatic heterocycles. The van der Waals surface area contributed by atoms with Crippen LogP contribution in [-0.4, -0.2) is 52.1 Å². The first kappa shape index (κ1) is 32.9. The number of rotatable bonds is 5. The molecule has 3 aromatic rings. The summed E-state index contributed by atoms with van der Waals surface area (Å²) in [6.07, 6.45) is 4.72. The van der Waals surface area contributed by atoms with E-state index in [-0.39, 0.29) is 70.5 Å². The summed E-state index contributed by atoms with van der Waals surface area (Å²) in [5.74, 6) is -5.51. The SMILES string of the molecule is C=CC(=O)N1CCN(c2c(C#N)c(=O)n(C3=C(C)C=CNC3C(C)C)c3nc(-c4c(N)c(Cl)c(F)c(F)c4F)c(Cl)cc23)C[C@H]1C. The minimum Gasteiger partial charge on any atom is -0.397 e. The lowest BCUT2D eigenvalue weighted by Crippen LogP contribution is -2.54. The number of allylic oxidation sites excluding steroid dienone is 2. The first-order valence-electron chi connectivity index (χ1n) is 14.4. The first-order chi connectivity index (χ1) is 21.7. The predicted octanol–water partition coefficient (Wildman–Crippen LogP) is 5.84. The Morgan fingerprint density at radius 2 is 1.93 bits per heavy atom. The molecule has 1 saturated heterocycles. The Kier molecular flexibility index (Phi) is 8.86. The average Bonchev–Trinajstić information content (AvgIpc) is 3.02. The van der Waals surface area contributed by atoms with Crippen molar-refractivity contribution in [3.05, 3.63) is 80.0 Å². The number of halogens is 5. The molecule has 2 atom stereocenters. The van der Waals surface area contributed by atoms with Crippen molar-refractivity contribution in [1.82, 2.24) is 19.8 Å². The zero-order valence-electron chi connectivity index (χ0n) is 25.4. The summed E-state index contributed by atoms with van der Waals surface area (Å²) in [6, 6.07) is 2.71. The highest BCUT2D eigenvalue weighted by atomic mass is 35.5. The van der Waals surface area contributed by atoms with Gasteiger partial charge in [0.15, 0.2) is 17.5 Å². The number of nitrogens with zero attached hydrogens (tertiary/aromatic N) is 5. The molecule has 0 aliphatic carbocycles. The highest BCUT2D eigenvalue weighted by Crippen LogP contribution is 2.43. The van der Waals surface area contributed by atoms with Crippen molar-refractivity contribution in [3.63, 3.8) is 0 Å². The summed E-state index contributed by atoms with van der Waals surface area (Å²) in [4.78, 5) is 34.9. The molecule has 3 N–H and O–H groups in total. The number of hydrogen-bond donors (Lipinski definition) is 2. The van der Waals surface area contributed by atoms with Gasteiger partial charge in [0, 0.05) is 31.1 Å². The number of anilines is 2. The van der Waals surface area contributed by atoms with Crippen LogP contribution in [0.25, 0.3) is 28.0 Å². The summed E-state index contributed by atoms with van der Waals surface area (Å²) in [5.41, 5.74) is 4.71. The van der Waals surface area contributed by atoms with Crippen LogP contribution in [0, 0.1) is 34.7 Å². The lowest BCUT2D eigenvalue weighted by atomic mass is 9.94. The highest BCUT2D eigenvalue weighted by molar-refractivity contribution is 6.36. The maximum absolute atomic E-state index is 15.4. The van der Waals surface area contributed by atoms with Crippen molar-refractivity contribution >= 4 is 57.2 Å². The zero-order valence-corrected chi connectivity index (χ0v) is 26.9. The van der Waals surface area contributed by atoms with Crippen LogP contribution in [0.2, 0.25) is 10.0 Å². The monoisotopic (exact) mass is 671 g/mol. The summed E-state index contributed by atoms with van der Waals surface area (Å²) in [5, 5.41) is 12.9. The van der Waals surface area contributed by atoms with E-state index in [0.29, 0.717) is 11.3 Å². The van der Waals surface area contributed by atoms with Gasteiger partial charge in [-0.05, 0) is 49.8 Å². The lowest BCUT2D eigenvalue weighted by molar-refractivity contribution is -0.128. The fourth-order valence-corrected chi connectivity index (χ4v) is 6.51. The number of fused-ring (bicyclic) bond motifs is 1. The third-order valence-corrected chi connectivity index (χ3v) is 9.00. The molecular weight excluding hydrogens is 642 g/mol. The minimum absolute atomic E-state index is 0.0348. The number of nitrogens with one attached hydrogen (secondary N) is 1. The quantitative estimate of drug-likeness (QED) is 0.151. The fraction of sp³-hybridized carbons (Fsp3) is 0.312. The van der Waals surface area contributed by atoms with Crippen LogP contribution in [0.1, 0.15) is 33.3 Å². The van der Waals surface area contributed by atoms with Crippen LogP contribution in [0.4, 0.5) is 24.5 Å². The molecule has 240 valence electrons. The van der Waals surface area contributed by atoms with E-state index < -0.39 is 45.3 Å². The van der Waals surface area contributed by atoms with Gasteiger partial charge >= 0.3 is 0 Å². The third-order valence-electron chi connectivity index (χ3n) is 8.35. The Balaban J connectivity index is 1.91. The van der Waals surface area contributed by atoms with E-state index in [1.807, 2.05) is 20.8 Å². The van der Waals surface area contributed by atoms with E-state index in [9.17, 15) is 23.6 Å². The Bertz CT molecular complexity index is 1950. The van der Waals surface area contributed by atoms with Gasteiger partial charge in [-0.2, -0.15) is 5.26 Å². The van der Waals surface area contributed by atoms with Crippen molar-refractivity contribution < 1.29 is 18.0 Å². The van der Waals surface area contributed by atoms with Crippen molar-refractivity contribution in [3.8, 4) is 17.3 Å². The van der Waals surface area contributed by atoms with Gasteiger partial charge in [0.2, 0.25) is 5.91 Å². The lowest BCUT2D eigenvalue weighted by Gasteiger charge is -2.41. The number of pyridine rings is 2. The van der Waals surface area contributed by atoms with Gasteiger partial charge in [0.05, 0.1) is 39.4 Å². The number of aromatic nitrogens is 2. The first-order valence-corrected chi connectivity index (χ1v) is 15.1. The van der Waals surface area contributed by atoms with E-state index in [0.717, 1.165) is 0 Å². The summed E-state index contributed by atoms with van der Waals surface area (Å²) in [7, 11) is 0. The second kappa shape index (κ2) is 12.4. The van der Waals surface area contributed by atoms with Crippen LogP contribution in [0.15, 0.2) is 41.4 Å². The van der Waals surface area contributed by atoms with E-state index in [4.69, 9.17) is 28.9 Å². The topological polar surface area (TPSA) is 120 Å². The Morgan fingerprint density at radius 3 is 2.54 bits per heavy atom. The van der Waals surface area contributed by atoms with Crippen molar-refractivity contribution in [2.75, 3.05) is 30.3 Å². The number of carbonyl (C=O) groups excluding carboxylic acids is 1. The zero-order chi connectivity index (χ0) is 33.8. The van der Waals surface area contributed by atoms with E-state index in [2.05, 4.69) is 22.9 Å². The summed E-state index contributed by atoms with van der Waals surface area (Å²) >= 11 is 12.6. The van der Waals surface area contributed by atoms with Crippen LogP contribution in [0.3, 0.4) is 0 Å². The average molecular weight is 673 g/mol. The highest BCUT2D eigenvalue weighted by Gasteiger charge is 2.34. The van der Waals surface area contributed by atoms with Crippen molar-refractivity contribution in [2.24, 2.45) is 5.92 Å². The number of dihydropyridines is 1. The summed E-state index contributed by atoms with van der Waals surface area (Å²) in [6.45, 7) is 11.8. The van der Waals surface area contributed by atoms with Gasteiger partial charge in [-0.3, -0.25) is 14.2 Å². The maximum Gasteiger partial charge on any atom is 0.276 e. The molecule has 0 spiro atoms. The largest absolute Gasteiger partial charge is 0.397 e. The Morgan fingerprint density at radius 1 is 1.24 bits per heavy atom. The molecule has 0 bridgehead atoms. The fourth-order valence-electron chi connectivity index (χ4n) is 6.09. The molecule has 0 radical (unpaired) electrons. The number of amides is 1. The molecule has 2 aliphatic rings. The van der Waals surface area contributed by atoms with E-state index in [1.165, 1.54) is 16.7 Å².